The molecule has 2 aromatic rings. The maximum absolute atomic E-state index is 13.2. The van der Waals surface area contributed by atoms with E-state index in [0.29, 0.717) is 5.56 Å². The molecular weight excluding hydrogens is 295 g/mol. The first-order valence-electron chi connectivity index (χ1n) is 7.68. The number of benzene rings is 1. The van der Waals surface area contributed by atoms with Crippen molar-refractivity contribution < 1.29 is 9.18 Å². The van der Waals surface area contributed by atoms with Gasteiger partial charge in [0.05, 0.1) is 0 Å². The zero-order chi connectivity index (χ0) is 16.6. The van der Waals surface area contributed by atoms with Crippen LogP contribution >= 0.6 is 0 Å². The summed E-state index contributed by atoms with van der Waals surface area (Å²) in [4.78, 5) is 26.9. The van der Waals surface area contributed by atoms with Crippen molar-refractivity contribution >= 4 is 5.91 Å². The summed E-state index contributed by atoms with van der Waals surface area (Å²) in [5.41, 5.74) is 2.93. The van der Waals surface area contributed by atoms with Crippen LogP contribution in [0.1, 0.15) is 34.7 Å². The normalized spacial score (nSPS) is 19.4. The van der Waals surface area contributed by atoms with Gasteiger partial charge in [0.2, 0.25) is 5.91 Å². The summed E-state index contributed by atoms with van der Waals surface area (Å²) in [5.74, 6) is -0.432. The standard InChI is InChI=1S/C18H19FN2O2/c1-10-6-11(2)21-18(23)16(10)9-20-17(22)15-8-14(15)12-4-3-5-13(19)7-12/h3-7,14-15H,8-9H2,1-2H3,(H,20,22)(H,21,23)/t14-,15-/m1/s1. The Morgan fingerprint density at radius 3 is 2.83 bits per heavy atom. The SMILES string of the molecule is Cc1cc(C)c(CNC(=O)[C@@H]2C[C@@H]2c2cccc(F)c2)c(=O)[nH]1. The molecular formula is C18H19FN2O2. The topological polar surface area (TPSA) is 62.0 Å². The predicted octanol–water partition coefficient (Wildman–Crippen LogP) is 2.55. The first kappa shape index (κ1) is 15.5. The molecule has 1 amide bonds. The Hall–Kier alpha value is -2.43. The highest BCUT2D eigenvalue weighted by molar-refractivity contribution is 5.82. The number of H-pyrrole nitrogens is 1. The summed E-state index contributed by atoms with van der Waals surface area (Å²) >= 11 is 0. The molecule has 0 saturated heterocycles. The molecule has 23 heavy (non-hydrogen) atoms. The van der Waals surface area contributed by atoms with Crippen LogP contribution in [0.2, 0.25) is 0 Å². The Balaban J connectivity index is 1.63. The van der Waals surface area contributed by atoms with E-state index >= 15 is 0 Å². The Morgan fingerprint density at radius 2 is 2.13 bits per heavy atom. The van der Waals surface area contributed by atoms with Crippen LogP contribution < -0.4 is 10.9 Å². The molecule has 0 spiro atoms. The molecule has 2 N–H and O–H groups in total. The van der Waals surface area contributed by atoms with Gasteiger partial charge < -0.3 is 10.3 Å². The molecule has 4 nitrogen and oxygen atoms in total. The largest absolute Gasteiger partial charge is 0.352 e. The number of aromatic amines is 1. The summed E-state index contributed by atoms with van der Waals surface area (Å²) < 4.78 is 13.2. The van der Waals surface area contributed by atoms with Gasteiger partial charge in [-0.1, -0.05) is 12.1 Å². The lowest BCUT2D eigenvalue weighted by atomic mass is 10.1. The van der Waals surface area contributed by atoms with Crippen LogP contribution in [-0.2, 0) is 11.3 Å². The molecule has 1 saturated carbocycles. The predicted molar refractivity (Wildman–Crippen MR) is 85.6 cm³/mol. The number of halogens is 1. The average molecular weight is 314 g/mol. The Kier molecular flexibility index (Phi) is 4.03. The van der Waals surface area contributed by atoms with Crippen molar-refractivity contribution in [3.63, 3.8) is 0 Å². The first-order chi connectivity index (χ1) is 11.0. The average Bonchev–Trinajstić information content (AvgIpc) is 3.26. The quantitative estimate of drug-likeness (QED) is 0.911. The zero-order valence-electron chi connectivity index (χ0n) is 13.2. The third-order valence-corrected chi connectivity index (χ3v) is 4.34. The molecule has 3 rings (SSSR count). The van der Waals surface area contributed by atoms with Gasteiger partial charge in [-0.3, -0.25) is 9.59 Å². The van der Waals surface area contributed by atoms with Crippen LogP contribution in [0.25, 0.3) is 0 Å². The van der Waals surface area contributed by atoms with Gasteiger partial charge in [0, 0.05) is 23.7 Å². The first-order valence-corrected chi connectivity index (χ1v) is 7.68. The molecule has 0 bridgehead atoms. The minimum Gasteiger partial charge on any atom is -0.352 e. The van der Waals surface area contributed by atoms with Crippen molar-refractivity contribution in [3.05, 3.63) is 68.9 Å². The second-order valence-corrected chi connectivity index (χ2v) is 6.16. The number of carbonyl (C=O) groups excluding carboxylic acids is 1. The zero-order valence-corrected chi connectivity index (χ0v) is 13.2. The van der Waals surface area contributed by atoms with Crippen molar-refractivity contribution in [3.8, 4) is 0 Å². The molecule has 1 aliphatic rings. The van der Waals surface area contributed by atoms with Gasteiger partial charge in [-0.2, -0.15) is 0 Å². The number of hydrogen-bond acceptors (Lipinski definition) is 2. The number of pyridine rings is 1. The molecule has 1 fully saturated rings. The number of nitrogens with one attached hydrogen (secondary N) is 2. The van der Waals surface area contributed by atoms with Crippen molar-refractivity contribution in [1.29, 1.82) is 0 Å². The summed E-state index contributed by atoms with van der Waals surface area (Å²) in [7, 11) is 0. The van der Waals surface area contributed by atoms with Gasteiger partial charge in [0.15, 0.2) is 0 Å². The molecule has 2 atom stereocenters. The van der Waals surface area contributed by atoms with Crippen molar-refractivity contribution in [2.45, 2.75) is 32.7 Å². The van der Waals surface area contributed by atoms with Crippen LogP contribution in [0.15, 0.2) is 35.1 Å². The lowest BCUT2D eigenvalue weighted by molar-refractivity contribution is -0.122. The van der Waals surface area contributed by atoms with E-state index in [1.165, 1.54) is 12.1 Å². The van der Waals surface area contributed by atoms with E-state index in [0.717, 1.165) is 23.2 Å². The fourth-order valence-electron chi connectivity index (χ4n) is 3.00. The number of aryl methyl sites for hydroxylation is 2. The summed E-state index contributed by atoms with van der Waals surface area (Å²) in [6.07, 6.45) is 0.721. The highest BCUT2D eigenvalue weighted by Crippen LogP contribution is 2.47. The van der Waals surface area contributed by atoms with E-state index in [-0.39, 0.29) is 35.7 Å². The number of hydrogen-bond donors (Lipinski definition) is 2. The van der Waals surface area contributed by atoms with Crippen LogP contribution in [0, 0.1) is 25.6 Å². The molecule has 1 heterocycles. The van der Waals surface area contributed by atoms with Gasteiger partial charge in [-0.25, -0.2) is 4.39 Å². The van der Waals surface area contributed by atoms with Gasteiger partial charge in [-0.05, 0) is 55.5 Å². The summed E-state index contributed by atoms with van der Waals surface area (Å²) in [6.45, 7) is 3.90. The number of carbonyl (C=O) groups is 1. The van der Waals surface area contributed by atoms with Gasteiger partial charge in [0.25, 0.3) is 5.56 Å². The fourth-order valence-corrected chi connectivity index (χ4v) is 3.00. The van der Waals surface area contributed by atoms with E-state index in [1.54, 1.807) is 6.07 Å². The van der Waals surface area contributed by atoms with E-state index in [4.69, 9.17) is 0 Å². The summed E-state index contributed by atoms with van der Waals surface area (Å²) in [6, 6.07) is 8.26. The second kappa shape index (κ2) is 5.99. The van der Waals surface area contributed by atoms with Crippen LogP contribution in [-0.4, -0.2) is 10.9 Å². The lowest BCUT2D eigenvalue weighted by Crippen LogP contribution is -2.29. The molecule has 0 unspecified atom stereocenters. The third-order valence-electron chi connectivity index (χ3n) is 4.34. The van der Waals surface area contributed by atoms with E-state index in [1.807, 2.05) is 26.0 Å². The maximum atomic E-state index is 13.2. The maximum Gasteiger partial charge on any atom is 0.253 e. The van der Waals surface area contributed by atoms with Crippen LogP contribution in [0.5, 0.6) is 0 Å². The minimum absolute atomic E-state index is 0.0723. The van der Waals surface area contributed by atoms with Gasteiger partial charge in [-0.15, -0.1) is 0 Å². The molecule has 0 aliphatic heterocycles. The smallest absolute Gasteiger partial charge is 0.253 e. The third kappa shape index (κ3) is 3.33. The van der Waals surface area contributed by atoms with Crippen LogP contribution in [0.4, 0.5) is 4.39 Å². The van der Waals surface area contributed by atoms with Crippen molar-refractivity contribution in [2.24, 2.45) is 5.92 Å². The fraction of sp³-hybridized carbons (Fsp3) is 0.333. The number of amides is 1. The Labute approximate surface area is 133 Å². The molecule has 1 aliphatic carbocycles. The van der Waals surface area contributed by atoms with Crippen molar-refractivity contribution in [1.82, 2.24) is 10.3 Å². The number of aromatic nitrogens is 1. The Morgan fingerprint density at radius 1 is 1.35 bits per heavy atom. The minimum atomic E-state index is -0.282. The molecule has 120 valence electrons. The van der Waals surface area contributed by atoms with E-state index in [9.17, 15) is 14.0 Å². The van der Waals surface area contributed by atoms with E-state index in [2.05, 4.69) is 10.3 Å². The molecule has 5 heteroatoms. The Bertz CT molecular complexity index is 813. The van der Waals surface area contributed by atoms with Gasteiger partial charge >= 0.3 is 0 Å². The lowest BCUT2D eigenvalue weighted by Gasteiger charge is -2.08. The van der Waals surface area contributed by atoms with Gasteiger partial charge in [0.1, 0.15) is 5.82 Å². The molecule has 1 aromatic heterocycles. The monoisotopic (exact) mass is 314 g/mol. The van der Waals surface area contributed by atoms with E-state index < -0.39 is 0 Å². The number of rotatable bonds is 4. The molecule has 1 aromatic carbocycles. The molecule has 0 radical (unpaired) electrons. The van der Waals surface area contributed by atoms with Crippen molar-refractivity contribution in [2.75, 3.05) is 0 Å². The highest BCUT2D eigenvalue weighted by Gasteiger charge is 2.43. The second-order valence-electron chi connectivity index (χ2n) is 6.16. The summed E-state index contributed by atoms with van der Waals surface area (Å²) in [5, 5.41) is 2.82. The highest BCUT2D eigenvalue weighted by atomic mass is 19.1. The van der Waals surface area contributed by atoms with Crippen LogP contribution in [0.3, 0.4) is 0 Å².